The Morgan fingerprint density at radius 3 is 1.32 bits per heavy atom. The summed E-state index contributed by atoms with van der Waals surface area (Å²) in [6, 6.07) is 38.7. The van der Waals surface area contributed by atoms with Crippen molar-refractivity contribution < 1.29 is 4.39 Å². The zero-order valence-corrected chi connectivity index (χ0v) is 16.3. The summed E-state index contributed by atoms with van der Waals surface area (Å²) < 4.78 is 13.0. The maximum atomic E-state index is 13.3. The van der Waals surface area contributed by atoms with Crippen molar-refractivity contribution in [2.75, 3.05) is 0 Å². The molecule has 0 fully saturated rings. The maximum absolute atomic E-state index is 13.3. The van der Waals surface area contributed by atoms with Gasteiger partial charge in [-0.25, -0.2) is 4.39 Å². The summed E-state index contributed by atoms with van der Waals surface area (Å²) in [4.78, 5) is 0. The molecule has 0 spiro atoms. The Labute approximate surface area is 170 Å². The van der Waals surface area contributed by atoms with Crippen LogP contribution in [0.3, 0.4) is 0 Å². The van der Waals surface area contributed by atoms with Crippen LogP contribution in [0.15, 0.2) is 115 Å². The van der Waals surface area contributed by atoms with Gasteiger partial charge < -0.3 is 0 Å². The van der Waals surface area contributed by atoms with E-state index in [4.69, 9.17) is 0 Å². The van der Waals surface area contributed by atoms with Gasteiger partial charge in [0, 0.05) is 5.75 Å². The second kappa shape index (κ2) is 8.45. The first kappa shape index (κ1) is 18.5. The predicted molar refractivity (Wildman–Crippen MR) is 117 cm³/mol. The Morgan fingerprint density at radius 1 is 0.536 bits per heavy atom. The van der Waals surface area contributed by atoms with E-state index in [1.165, 1.54) is 28.8 Å². The van der Waals surface area contributed by atoms with Crippen LogP contribution >= 0.6 is 11.8 Å². The summed E-state index contributed by atoms with van der Waals surface area (Å²) in [6.45, 7) is 0. The molecule has 0 heterocycles. The molecule has 0 radical (unpaired) electrons. The number of rotatable bonds is 6. The van der Waals surface area contributed by atoms with Gasteiger partial charge in [0.2, 0.25) is 0 Å². The third kappa shape index (κ3) is 3.74. The molecule has 0 unspecified atom stereocenters. The fourth-order valence-corrected chi connectivity index (χ4v) is 5.02. The van der Waals surface area contributed by atoms with Crippen LogP contribution in [0.4, 0.5) is 4.39 Å². The quantitative estimate of drug-likeness (QED) is 0.321. The van der Waals surface area contributed by atoms with Gasteiger partial charge in [0.1, 0.15) is 5.82 Å². The highest BCUT2D eigenvalue weighted by Crippen LogP contribution is 2.49. The summed E-state index contributed by atoms with van der Waals surface area (Å²) in [5.41, 5.74) is 4.82. The smallest absolute Gasteiger partial charge is 0.123 e. The van der Waals surface area contributed by atoms with Gasteiger partial charge in [0.25, 0.3) is 0 Å². The molecule has 0 saturated heterocycles. The van der Waals surface area contributed by atoms with Gasteiger partial charge in [0.15, 0.2) is 0 Å². The van der Waals surface area contributed by atoms with E-state index in [1.807, 2.05) is 23.9 Å². The van der Waals surface area contributed by atoms with Crippen molar-refractivity contribution in [3.05, 3.63) is 143 Å². The van der Waals surface area contributed by atoms with E-state index in [0.29, 0.717) is 0 Å². The third-order valence-corrected chi connectivity index (χ3v) is 6.53. The fourth-order valence-electron chi connectivity index (χ4n) is 3.54. The Morgan fingerprint density at radius 2 is 0.929 bits per heavy atom. The molecular weight excluding hydrogens is 363 g/mol. The molecule has 28 heavy (non-hydrogen) atoms. The van der Waals surface area contributed by atoms with E-state index in [-0.39, 0.29) is 10.6 Å². The van der Waals surface area contributed by atoms with Crippen LogP contribution in [0.1, 0.15) is 22.3 Å². The van der Waals surface area contributed by atoms with Crippen LogP contribution in [0.2, 0.25) is 0 Å². The first-order valence-electron chi connectivity index (χ1n) is 9.34. The molecule has 0 aliphatic rings. The SMILES string of the molecule is Fc1ccc(CSC(c2ccccc2)(c2ccccc2)c2ccccc2)cc1. The lowest BCUT2D eigenvalue weighted by molar-refractivity contribution is 0.627. The number of halogens is 1. The van der Waals surface area contributed by atoms with Gasteiger partial charge in [0.05, 0.1) is 4.75 Å². The molecule has 0 amide bonds. The molecule has 0 atom stereocenters. The lowest BCUT2D eigenvalue weighted by Gasteiger charge is -2.35. The van der Waals surface area contributed by atoms with E-state index in [1.54, 1.807) is 0 Å². The molecule has 0 bridgehead atoms. The number of thioether (sulfide) groups is 1. The molecule has 4 rings (SSSR count). The molecule has 138 valence electrons. The molecule has 0 nitrogen and oxygen atoms in total. The first-order valence-corrected chi connectivity index (χ1v) is 10.3. The average Bonchev–Trinajstić information content (AvgIpc) is 2.78. The molecular formula is C26H21FS. The molecule has 2 heteroatoms. The van der Waals surface area contributed by atoms with Crippen LogP contribution in [0.25, 0.3) is 0 Å². The average molecular weight is 385 g/mol. The maximum Gasteiger partial charge on any atom is 0.123 e. The van der Waals surface area contributed by atoms with E-state index in [0.717, 1.165) is 11.3 Å². The van der Waals surface area contributed by atoms with Crippen LogP contribution in [-0.2, 0) is 10.5 Å². The highest BCUT2D eigenvalue weighted by atomic mass is 32.2. The van der Waals surface area contributed by atoms with Crippen molar-refractivity contribution in [1.82, 2.24) is 0 Å². The van der Waals surface area contributed by atoms with E-state index in [2.05, 4.69) is 91.0 Å². The lowest BCUT2D eigenvalue weighted by atomic mass is 9.84. The normalized spacial score (nSPS) is 11.3. The van der Waals surface area contributed by atoms with Gasteiger partial charge in [-0.1, -0.05) is 103 Å². The standard InChI is InChI=1S/C26H21FS/c27-25-18-16-21(17-19-25)20-28-26(22-10-4-1-5-11-22,23-12-6-2-7-13-23)24-14-8-3-9-15-24/h1-19H,20H2. The fraction of sp³-hybridized carbons (Fsp3) is 0.0769. The molecule has 0 aliphatic carbocycles. The zero-order chi connectivity index (χ0) is 19.2. The van der Waals surface area contributed by atoms with Gasteiger partial charge in [-0.15, -0.1) is 11.8 Å². The minimum absolute atomic E-state index is 0.200. The lowest BCUT2D eigenvalue weighted by Crippen LogP contribution is -2.25. The third-order valence-electron chi connectivity index (χ3n) is 4.91. The molecule has 4 aromatic rings. The Balaban J connectivity index is 1.86. The van der Waals surface area contributed by atoms with Crippen molar-refractivity contribution in [3.8, 4) is 0 Å². The molecule has 0 aromatic heterocycles. The second-order valence-corrected chi connectivity index (χ2v) is 7.88. The highest BCUT2D eigenvalue weighted by molar-refractivity contribution is 7.99. The van der Waals surface area contributed by atoms with E-state index >= 15 is 0 Å². The topological polar surface area (TPSA) is 0 Å². The van der Waals surface area contributed by atoms with Crippen LogP contribution < -0.4 is 0 Å². The largest absolute Gasteiger partial charge is 0.207 e. The molecule has 0 saturated carbocycles. The number of benzene rings is 4. The summed E-state index contributed by atoms with van der Waals surface area (Å²) in [5, 5.41) is 0. The van der Waals surface area contributed by atoms with Crippen LogP contribution in [0, 0.1) is 5.82 Å². The predicted octanol–water partition coefficient (Wildman–Crippen LogP) is 7.05. The highest BCUT2D eigenvalue weighted by Gasteiger charge is 2.36. The van der Waals surface area contributed by atoms with Crippen molar-refractivity contribution >= 4 is 11.8 Å². The van der Waals surface area contributed by atoms with Crippen LogP contribution in [0.5, 0.6) is 0 Å². The van der Waals surface area contributed by atoms with E-state index in [9.17, 15) is 4.39 Å². The Hall–Kier alpha value is -2.84. The summed E-state index contributed by atoms with van der Waals surface area (Å²) in [6.07, 6.45) is 0. The zero-order valence-electron chi connectivity index (χ0n) is 15.5. The van der Waals surface area contributed by atoms with Crippen molar-refractivity contribution in [3.63, 3.8) is 0 Å². The Bertz CT molecular complexity index is 900. The second-order valence-electron chi connectivity index (χ2n) is 6.69. The molecule has 4 aromatic carbocycles. The molecule has 0 N–H and O–H groups in total. The van der Waals surface area contributed by atoms with Gasteiger partial charge in [-0.05, 0) is 34.4 Å². The van der Waals surface area contributed by atoms with Crippen molar-refractivity contribution in [2.45, 2.75) is 10.5 Å². The van der Waals surface area contributed by atoms with Gasteiger partial charge >= 0.3 is 0 Å². The molecule has 0 aliphatic heterocycles. The number of hydrogen-bond donors (Lipinski definition) is 0. The van der Waals surface area contributed by atoms with Gasteiger partial charge in [-0.2, -0.15) is 0 Å². The minimum Gasteiger partial charge on any atom is -0.207 e. The number of hydrogen-bond acceptors (Lipinski definition) is 1. The first-order chi connectivity index (χ1) is 13.8. The van der Waals surface area contributed by atoms with Crippen LogP contribution in [-0.4, -0.2) is 0 Å². The Kier molecular flexibility index (Phi) is 5.59. The van der Waals surface area contributed by atoms with Crippen molar-refractivity contribution in [2.24, 2.45) is 0 Å². The van der Waals surface area contributed by atoms with Crippen molar-refractivity contribution in [1.29, 1.82) is 0 Å². The minimum atomic E-state index is -0.349. The van der Waals surface area contributed by atoms with E-state index < -0.39 is 0 Å². The summed E-state index contributed by atoms with van der Waals surface area (Å²) in [5.74, 6) is 0.577. The monoisotopic (exact) mass is 384 g/mol. The van der Waals surface area contributed by atoms with Gasteiger partial charge in [-0.3, -0.25) is 0 Å². The summed E-state index contributed by atoms with van der Waals surface area (Å²) in [7, 11) is 0. The summed E-state index contributed by atoms with van der Waals surface area (Å²) >= 11 is 1.86.